The summed E-state index contributed by atoms with van der Waals surface area (Å²) in [6, 6.07) is 5.38. The summed E-state index contributed by atoms with van der Waals surface area (Å²) in [5.74, 6) is 5.04. The van der Waals surface area contributed by atoms with Gasteiger partial charge in [0.25, 0.3) is 0 Å². The van der Waals surface area contributed by atoms with E-state index in [4.69, 9.17) is 5.84 Å². The van der Waals surface area contributed by atoms with Gasteiger partial charge in [-0.05, 0) is 24.1 Å². The highest BCUT2D eigenvalue weighted by Gasteiger charge is 2.31. The zero-order valence-electron chi connectivity index (χ0n) is 9.00. The summed E-state index contributed by atoms with van der Waals surface area (Å²) >= 11 is 0. The van der Waals surface area contributed by atoms with Crippen molar-refractivity contribution in [3.05, 3.63) is 42.5 Å². The average molecular weight is 246 g/mol. The Kier molecular flexibility index (Phi) is 4.53. The first-order valence-electron chi connectivity index (χ1n) is 4.89. The molecule has 0 saturated heterocycles. The maximum Gasteiger partial charge on any atom is 0.573 e. The van der Waals surface area contributed by atoms with Crippen LogP contribution in [0.25, 0.3) is 0 Å². The molecule has 0 amide bonds. The molecule has 0 aliphatic carbocycles. The third-order valence-corrected chi connectivity index (χ3v) is 2.10. The highest BCUT2D eigenvalue weighted by Crippen LogP contribution is 2.26. The molecule has 0 heterocycles. The molecule has 0 aliphatic rings. The number of ether oxygens (including phenoxy) is 1. The summed E-state index contributed by atoms with van der Waals surface area (Å²) in [5.41, 5.74) is 3.11. The number of nitrogens with one attached hydrogen (secondary N) is 1. The van der Waals surface area contributed by atoms with Gasteiger partial charge in [0, 0.05) is 6.04 Å². The Hall–Kier alpha value is -1.53. The molecule has 3 nitrogen and oxygen atoms in total. The molecular formula is C11H13F3N2O. The van der Waals surface area contributed by atoms with Crippen molar-refractivity contribution in [1.29, 1.82) is 0 Å². The Labute approximate surface area is 97.0 Å². The number of benzene rings is 1. The van der Waals surface area contributed by atoms with Crippen molar-refractivity contribution < 1.29 is 17.9 Å². The second-order valence-electron chi connectivity index (χ2n) is 3.36. The van der Waals surface area contributed by atoms with E-state index in [-0.39, 0.29) is 11.8 Å². The Bertz CT molecular complexity index is 379. The maximum atomic E-state index is 12.0. The Morgan fingerprint density at radius 3 is 2.71 bits per heavy atom. The zero-order valence-corrected chi connectivity index (χ0v) is 9.00. The SMILES string of the molecule is C=CCC(NN)c1cccc(OC(F)(F)F)c1. The number of hydrazine groups is 1. The van der Waals surface area contributed by atoms with Crippen molar-refractivity contribution in [2.75, 3.05) is 0 Å². The van der Waals surface area contributed by atoms with Gasteiger partial charge < -0.3 is 4.74 Å². The van der Waals surface area contributed by atoms with Gasteiger partial charge in [-0.25, -0.2) is 0 Å². The highest BCUT2D eigenvalue weighted by atomic mass is 19.4. The highest BCUT2D eigenvalue weighted by molar-refractivity contribution is 5.31. The van der Waals surface area contributed by atoms with Crippen LogP contribution in [-0.4, -0.2) is 6.36 Å². The standard InChI is InChI=1S/C11H13F3N2O/c1-2-4-10(16-15)8-5-3-6-9(7-8)17-11(12,13)14/h2-3,5-7,10,16H,1,4,15H2. The molecule has 1 rings (SSSR count). The number of alkyl halides is 3. The second kappa shape index (κ2) is 5.70. The van der Waals surface area contributed by atoms with Crippen molar-refractivity contribution in [3.63, 3.8) is 0 Å². The molecule has 1 aromatic carbocycles. The summed E-state index contributed by atoms with van der Waals surface area (Å²) in [5, 5.41) is 0. The number of hydrogen-bond acceptors (Lipinski definition) is 3. The first-order chi connectivity index (χ1) is 7.96. The smallest absolute Gasteiger partial charge is 0.406 e. The van der Waals surface area contributed by atoms with Crippen molar-refractivity contribution in [1.82, 2.24) is 5.43 Å². The molecule has 1 unspecified atom stereocenters. The second-order valence-corrected chi connectivity index (χ2v) is 3.36. The molecule has 0 radical (unpaired) electrons. The topological polar surface area (TPSA) is 47.3 Å². The molecule has 1 atom stereocenters. The van der Waals surface area contributed by atoms with Gasteiger partial charge in [-0.3, -0.25) is 11.3 Å². The summed E-state index contributed by atoms with van der Waals surface area (Å²) in [6.07, 6.45) is -2.56. The molecule has 17 heavy (non-hydrogen) atoms. The van der Waals surface area contributed by atoms with Crippen LogP contribution < -0.4 is 16.0 Å². The summed E-state index contributed by atoms with van der Waals surface area (Å²) in [6.45, 7) is 3.55. The minimum atomic E-state index is -4.69. The number of rotatable bonds is 5. The van der Waals surface area contributed by atoms with Crippen LogP contribution in [0.1, 0.15) is 18.0 Å². The average Bonchev–Trinajstić information content (AvgIpc) is 2.24. The van der Waals surface area contributed by atoms with Gasteiger partial charge in [0.05, 0.1) is 0 Å². The number of nitrogens with two attached hydrogens (primary N) is 1. The number of halogens is 3. The number of hydrogen-bond donors (Lipinski definition) is 2. The largest absolute Gasteiger partial charge is 0.573 e. The molecule has 6 heteroatoms. The Balaban J connectivity index is 2.87. The molecule has 94 valence electrons. The normalized spacial score (nSPS) is 13.2. The lowest BCUT2D eigenvalue weighted by Crippen LogP contribution is -2.27. The lowest BCUT2D eigenvalue weighted by atomic mass is 10.0. The Morgan fingerprint density at radius 1 is 1.47 bits per heavy atom. The van der Waals surface area contributed by atoms with Gasteiger partial charge in [0.2, 0.25) is 0 Å². The fourth-order valence-electron chi connectivity index (χ4n) is 1.40. The first kappa shape index (κ1) is 13.5. The maximum absolute atomic E-state index is 12.0. The molecule has 0 aromatic heterocycles. The van der Waals surface area contributed by atoms with Crippen LogP contribution >= 0.6 is 0 Å². The fourth-order valence-corrected chi connectivity index (χ4v) is 1.40. The molecule has 0 bridgehead atoms. The van der Waals surface area contributed by atoms with Crippen LogP contribution in [0.4, 0.5) is 13.2 Å². The van der Waals surface area contributed by atoms with Gasteiger partial charge in [-0.2, -0.15) is 0 Å². The predicted molar refractivity (Wildman–Crippen MR) is 58.0 cm³/mol. The lowest BCUT2D eigenvalue weighted by Gasteiger charge is -2.16. The van der Waals surface area contributed by atoms with Crippen molar-refractivity contribution in [2.45, 2.75) is 18.8 Å². The van der Waals surface area contributed by atoms with Gasteiger partial charge in [-0.1, -0.05) is 18.2 Å². The fraction of sp³-hybridized carbons (Fsp3) is 0.273. The molecule has 3 N–H and O–H groups in total. The van der Waals surface area contributed by atoms with E-state index in [1.54, 1.807) is 12.1 Å². The monoisotopic (exact) mass is 246 g/mol. The van der Waals surface area contributed by atoms with Crippen LogP contribution in [0, 0.1) is 0 Å². The molecule has 0 fully saturated rings. The van der Waals surface area contributed by atoms with Crippen LogP contribution in [-0.2, 0) is 0 Å². The van der Waals surface area contributed by atoms with E-state index in [0.717, 1.165) is 0 Å². The minimum Gasteiger partial charge on any atom is -0.406 e. The summed E-state index contributed by atoms with van der Waals surface area (Å²) in [7, 11) is 0. The third-order valence-electron chi connectivity index (χ3n) is 2.10. The van der Waals surface area contributed by atoms with Crippen molar-refractivity contribution in [2.24, 2.45) is 5.84 Å². The van der Waals surface area contributed by atoms with E-state index >= 15 is 0 Å². The third kappa shape index (κ3) is 4.46. The first-order valence-corrected chi connectivity index (χ1v) is 4.89. The van der Waals surface area contributed by atoms with Crippen LogP contribution in [0.5, 0.6) is 5.75 Å². The molecular weight excluding hydrogens is 233 g/mol. The minimum absolute atomic E-state index is 0.265. The van der Waals surface area contributed by atoms with E-state index in [9.17, 15) is 13.2 Å². The van der Waals surface area contributed by atoms with Gasteiger partial charge in [0.15, 0.2) is 0 Å². The summed E-state index contributed by atoms with van der Waals surface area (Å²) in [4.78, 5) is 0. The van der Waals surface area contributed by atoms with E-state index < -0.39 is 6.36 Å². The van der Waals surface area contributed by atoms with Gasteiger partial charge in [0.1, 0.15) is 5.75 Å². The van der Waals surface area contributed by atoms with E-state index in [2.05, 4.69) is 16.7 Å². The van der Waals surface area contributed by atoms with E-state index in [0.29, 0.717) is 12.0 Å². The van der Waals surface area contributed by atoms with E-state index in [1.165, 1.54) is 18.2 Å². The molecule has 0 aliphatic heterocycles. The van der Waals surface area contributed by atoms with Gasteiger partial charge in [-0.15, -0.1) is 19.8 Å². The predicted octanol–water partition coefficient (Wildman–Crippen LogP) is 2.67. The van der Waals surface area contributed by atoms with Crippen molar-refractivity contribution in [3.8, 4) is 5.75 Å². The van der Waals surface area contributed by atoms with Gasteiger partial charge >= 0.3 is 6.36 Å². The quantitative estimate of drug-likeness (QED) is 0.477. The van der Waals surface area contributed by atoms with Crippen LogP contribution in [0.15, 0.2) is 36.9 Å². The lowest BCUT2D eigenvalue weighted by molar-refractivity contribution is -0.274. The molecule has 1 aromatic rings. The Morgan fingerprint density at radius 2 is 2.18 bits per heavy atom. The molecule has 0 saturated carbocycles. The summed E-state index contributed by atoms with van der Waals surface area (Å²) < 4.78 is 39.9. The zero-order chi connectivity index (χ0) is 12.9. The van der Waals surface area contributed by atoms with E-state index in [1.807, 2.05) is 0 Å². The van der Waals surface area contributed by atoms with Crippen LogP contribution in [0.3, 0.4) is 0 Å². The molecule has 0 spiro atoms. The van der Waals surface area contributed by atoms with Crippen LogP contribution in [0.2, 0.25) is 0 Å². The van der Waals surface area contributed by atoms with Crippen molar-refractivity contribution >= 4 is 0 Å².